The standard InChI is InChI=1S/C8H9Cl2N3O/c9-7-5-13(10)4-6(14-7)8-11-2-1-3-12-8/h1-3,6-7H,4-5H2. The van der Waals surface area contributed by atoms with Gasteiger partial charge in [0.1, 0.15) is 11.7 Å². The summed E-state index contributed by atoms with van der Waals surface area (Å²) in [5, 5.41) is 0. The second kappa shape index (κ2) is 4.40. The van der Waals surface area contributed by atoms with Crippen LogP contribution in [-0.2, 0) is 4.74 Å². The van der Waals surface area contributed by atoms with Crippen LogP contribution in [0.2, 0.25) is 0 Å². The molecule has 0 bridgehead atoms. The molecule has 1 fully saturated rings. The van der Waals surface area contributed by atoms with E-state index in [2.05, 4.69) is 9.97 Å². The van der Waals surface area contributed by atoms with Gasteiger partial charge in [0.15, 0.2) is 5.82 Å². The summed E-state index contributed by atoms with van der Waals surface area (Å²) in [5.74, 6) is 0.614. The molecule has 1 aromatic heterocycles. The Morgan fingerprint density at radius 2 is 2.07 bits per heavy atom. The van der Waals surface area contributed by atoms with Gasteiger partial charge in [-0.25, -0.2) is 14.4 Å². The first kappa shape index (κ1) is 10.1. The molecule has 2 unspecified atom stereocenters. The van der Waals surface area contributed by atoms with E-state index in [1.807, 2.05) is 0 Å². The Morgan fingerprint density at radius 1 is 1.36 bits per heavy atom. The number of ether oxygens (including phenoxy) is 1. The summed E-state index contributed by atoms with van der Waals surface area (Å²) in [6, 6.07) is 1.75. The van der Waals surface area contributed by atoms with Gasteiger partial charge in [0, 0.05) is 18.9 Å². The van der Waals surface area contributed by atoms with Crippen LogP contribution in [-0.4, -0.2) is 33.0 Å². The Kier molecular flexibility index (Phi) is 3.18. The third kappa shape index (κ3) is 2.33. The topological polar surface area (TPSA) is 38.2 Å². The number of aromatic nitrogens is 2. The third-order valence-corrected chi connectivity index (χ3v) is 2.41. The van der Waals surface area contributed by atoms with E-state index in [1.165, 1.54) is 0 Å². The average molecular weight is 234 g/mol. The number of morpholine rings is 1. The quantitative estimate of drug-likeness (QED) is 0.546. The number of alkyl halides is 1. The van der Waals surface area contributed by atoms with E-state index in [9.17, 15) is 0 Å². The Morgan fingerprint density at radius 3 is 2.71 bits per heavy atom. The van der Waals surface area contributed by atoms with E-state index >= 15 is 0 Å². The molecule has 1 aliphatic rings. The first-order chi connectivity index (χ1) is 6.75. The zero-order chi connectivity index (χ0) is 9.97. The molecule has 1 saturated heterocycles. The van der Waals surface area contributed by atoms with Crippen LogP contribution in [0.5, 0.6) is 0 Å². The molecule has 4 nitrogen and oxygen atoms in total. The van der Waals surface area contributed by atoms with Gasteiger partial charge in [0.2, 0.25) is 0 Å². The van der Waals surface area contributed by atoms with E-state index < -0.39 is 5.56 Å². The van der Waals surface area contributed by atoms with Crippen molar-refractivity contribution in [3.8, 4) is 0 Å². The zero-order valence-corrected chi connectivity index (χ0v) is 8.82. The molecule has 76 valence electrons. The van der Waals surface area contributed by atoms with E-state index in [1.54, 1.807) is 22.9 Å². The molecule has 0 aliphatic carbocycles. The van der Waals surface area contributed by atoms with Gasteiger partial charge in [0.25, 0.3) is 0 Å². The van der Waals surface area contributed by atoms with Gasteiger partial charge in [-0.15, -0.1) is 0 Å². The van der Waals surface area contributed by atoms with E-state index in [4.69, 9.17) is 28.1 Å². The van der Waals surface area contributed by atoms with Gasteiger partial charge in [-0.3, -0.25) is 0 Å². The number of halogens is 2. The summed E-state index contributed by atoms with van der Waals surface area (Å²) >= 11 is 11.7. The van der Waals surface area contributed by atoms with Crippen LogP contribution in [0.25, 0.3) is 0 Å². The van der Waals surface area contributed by atoms with Crippen molar-refractivity contribution in [2.45, 2.75) is 11.7 Å². The summed E-state index contributed by atoms with van der Waals surface area (Å²) in [6.45, 7) is 1.06. The summed E-state index contributed by atoms with van der Waals surface area (Å²) in [7, 11) is 0. The van der Waals surface area contributed by atoms with Crippen molar-refractivity contribution in [1.82, 2.24) is 14.4 Å². The fourth-order valence-electron chi connectivity index (χ4n) is 1.29. The van der Waals surface area contributed by atoms with E-state index in [0.29, 0.717) is 18.9 Å². The minimum Gasteiger partial charge on any atom is -0.348 e. The minimum absolute atomic E-state index is 0.245. The molecule has 0 saturated carbocycles. The molecule has 0 amide bonds. The summed E-state index contributed by atoms with van der Waals surface area (Å²) in [5.41, 5.74) is -0.407. The van der Waals surface area contributed by atoms with E-state index in [0.717, 1.165) is 0 Å². The van der Waals surface area contributed by atoms with Crippen LogP contribution in [0, 0.1) is 0 Å². The fraction of sp³-hybridized carbons (Fsp3) is 0.500. The molecule has 0 N–H and O–H groups in total. The van der Waals surface area contributed by atoms with Crippen LogP contribution in [0.15, 0.2) is 18.5 Å². The molecular weight excluding hydrogens is 225 g/mol. The summed E-state index contributed by atoms with van der Waals surface area (Å²) in [4.78, 5) is 8.18. The lowest BCUT2D eigenvalue weighted by Gasteiger charge is -2.30. The molecule has 6 heteroatoms. The number of nitrogens with zero attached hydrogens (tertiary/aromatic N) is 3. The Bertz CT molecular complexity index is 288. The molecule has 1 aromatic rings. The Hall–Kier alpha value is -0.420. The highest BCUT2D eigenvalue weighted by Gasteiger charge is 2.28. The SMILES string of the molecule is ClC1CN(Cl)CC(c2ncccn2)O1. The van der Waals surface area contributed by atoms with Crippen molar-refractivity contribution in [2.24, 2.45) is 0 Å². The van der Waals surface area contributed by atoms with Crippen molar-refractivity contribution in [3.05, 3.63) is 24.3 Å². The van der Waals surface area contributed by atoms with Crippen molar-refractivity contribution < 1.29 is 4.74 Å². The fourth-order valence-corrected chi connectivity index (χ4v) is 1.91. The molecule has 0 spiro atoms. The average Bonchev–Trinajstić information content (AvgIpc) is 2.18. The molecular formula is C8H9Cl2N3O. The van der Waals surface area contributed by atoms with Crippen molar-refractivity contribution in [2.75, 3.05) is 13.1 Å². The molecule has 2 atom stereocenters. The number of hydrogen-bond donors (Lipinski definition) is 0. The molecule has 2 heterocycles. The van der Waals surface area contributed by atoms with Crippen LogP contribution in [0.3, 0.4) is 0 Å². The van der Waals surface area contributed by atoms with Gasteiger partial charge in [-0.2, -0.15) is 0 Å². The lowest BCUT2D eigenvalue weighted by molar-refractivity contribution is -0.0295. The largest absolute Gasteiger partial charge is 0.348 e. The van der Waals surface area contributed by atoms with Crippen molar-refractivity contribution in [3.63, 3.8) is 0 Å². The van der Waals surface area contributed by atoms with Crippen LogP contribution in [0.4, 0.5) is 0 Å². The molecule has 14 heavy (non-hydrogen) atoms. The van der Waals surface area contributed by atoms with Crippen molar-refractivity contribution >= 4 is 23.4 Å². The van der Waals surface area contributed by atoms with Crippen LogP contribution >= 0.6 is 23.4 Å². The second-order valence-corrected chi connectivity index (χ2v) is 3.93. The highest BCUT2D eigenvalue weighted by Crippen LogP contribution is 2.24. The zero-order valence-electron chi connectivity index (χ0n) is 7.31. The van der Waals surface area contributed by atoms with Gasteiger partial charge in [-0.1, -0.05) is 11.6 Å². The van der Waals surface area contributed by atoms with Gasteiger partial charge < -0.3 is 4.74 Å². The number of hydrogen-bond acceptors (Lipinski definition) is 4. The molecule has 0 radical (unpaired) electrons. The Balaban J connectivity index is 2.11. The minimum atomic E-state index is -0.407. The normalized spacial score (nSPS) is 29.0. The second-order valence-electron chi connectivity index (χ2n) is 2.97. The smallest absolute Gasteiger partial charge is 0.158 e. The first-order valence-electron chi connectivity index (χ1n) is 4.23. The predicted octanol–water partition coefficient (Wildman–Crippen LogP) is 1.57. The third-order valence-electron chi connectivity index (χ3n) is 1.89. The van der Waals surface area contributed by atoms with Gasteiger partial charge >= 0.3 is 0 Å². The predicted molar refractivity (Wildman–Crippen MR) is 52.9 cm³/mol. The highest BCUT2D eigenvalue weighted by atomic mass is 35.5. The summed E-state index contributed by atoms with van der Waals surface area (Å²) in [6.07, 6.45) is 3.09. The van der Waals surface area contributed by atoms with Crippen molar-refractivity contribution in [1.29, 1.82) is 0 Å². The number of rotatable bonds is 1. The monoisotopic (exact) mass is 233 g/mol. The summed E-state index contributed by atoms with van der Waals surface area (Å²) < 4.78 is 7.04. The van der Waals surface area contributed by atoms with Crippen LogP contribution < -0.4 is 0 Å². The highest BCUT2D eigenvalue weighted by molar-refractivity contribution is 6.20. The molecule has 2 rings (SSSR count). The maximum atomic E-state index is 5.87. The first-order valence-corrected chi connectivity index (χ1v) is 5.00. The molecule has 1 aliphatic heterocycles. The van der Waals surface area contributed by atoms with E-state index in [-0.39, 0.29) is 6.10 Å². The Labute approximate surface area is 91.9 Å². The molecule has 0 aromatic carbocycles. The maximum Gasteiger partial charge on any atom is 0.158 e. The maximum absolute atomic E-state index is 5.87. The lowest BCUT2D eigenvalue weighted by Crippen LogP contribution is -2.37. The lowest BCUT2D eigenvalue weighted by atomic mass is 10.3. The van der Waals surface area contributed by atoms with Gasteiger partial charge in [-0.05, 0) is 17.8 Å². The van der Waals surface area contributed by atoms with Gasteiger partial charge in [0.05, 0.1) is 6.54 Å². The van der Waals surface area contributed by atoms with Crippen LogP contribution in [0.1, 0.15) is 11.9 Å².